The maximum absolute atomic E-state index is 12.2. The Morgan fingerprint density at radius 1 is 1.13 bits per heavy atom. The number of nitrogens with one attached hydrogen (secondary N) is 1. The number of carbonyl (C=O) groups excluding carboxylic acids is 1. The van der Waals surface area contributed by atoms with Crippen molar-refractivity contribution in [2.24, 2.45) is 5.10 Å². The van der Waals surface area contributed by atoms with Gasteiger partial charge in [0.1, 0.15) is 5.58 Å². The first kappa shape index (κ1) is 19.6. The number of rotatable bonds is 4. The van der Waals surface area contributed by atoms with E-state index in [2.05, 4.69) is 25.4 Å². The van der Waals surface area contributed by atoms with Gasteiger partial charge in [-0.25, -0.2) is 14.8 Å². The number of aryl methyl sites for hydroxylation is 1. The third-order valence-electron chi connectivity index (χ3n) is 4.97. The fourth-order valence-corrected chi connectivity index (χ4v) is 3.46. The van der Waals surface area contributed by atoms with Crippen LogP contribution in [0, 0.1) is 6.92 Å². The topological polar surface area (TPSA) is 104 Å². The van der Waals surface area contributed by atoms with Crippen LogP contribution in [0.15, 0.2) is 57.0 Å². The van der Waals surface area contributed by atoms with Gasteiger partial charge in [0.25, 0.3) is 0 Å². The lowest BCUT2D eigenvalue weighted by molar-refractivity contribution is -0.111. The van der Waals surface area contributed by atoms with Gasteiger partial charge >= 0.3 is 5.63 Å². The number of amidine groups is 1. The molecule has 0 radical (unpaired) electrons. The molecule has 1 saturated heterocycles. The van der Waals surface area contributed by atoms with Crippen LogP contribution in [0.3, 0.4) is 0 Å². The minimum Gasteiger partial charge on any atom is -0.423 e. The van der Waals surface area contributed by atoms with E-state index < -0.39 is 5.63 Å². The first-order valence-electron chi connectivity index (χ1n) is 9.67. The maximum Gasteiger partial charge on any atom is 0.336 e. The van der Waals surface area contributed by atoms with Crippen LogP contribution in [0.2, 0.25) is 0 Å². The van der Waals surface area contributed by atoms with Gasteiger partial charge in [-0.05, 0) is 30.7 Å². The van der Waals surface area contributed by atoms with Crippen molar-refractivity contribution >= 4 is 34.2 Å². The monoisotopic (exact) mass is 406 g/mol. The summed E-state index contributed by atoms with van der Waals surface area (Å²) < 4.78 is 5.27. The van der Waals surface area contributed by atoms with Gasteiger partial charge in [-0.1, -0.05) is 0 Å². The van der Waals surface area contributed by atoms with Crippen molar-refractivity contribution in [2.75, 3.05) is 36.5 Å². The lowest BCUT2D eigenvalue weighted by Gasteiger charge is -2.35. The summed E-state index contributed by atoms with van der Waals surface area (Å²) in [6.07, 6.45) is 3.43. The minimum atomic E-state index is -0.398. The fraction of sp³-hybridized carbons (Fsp3) is 0.286. The van der Waals surface area contributed by atoms with E-state index >= 15 is 0 Å². The quantitative estimate of drug-likeness (QED) is 0.304. The van der Waals surface area contributed by atoms with Gasteiger partial charge < -0.3 is 14.2 Å². The molecule has 0 amide bonds. The molecule has 154 valence electrons. The van der Waals surface area contributed by atoms with Gasteiger partial charge in [0, 0.05) is 63.0 Å². The summed E-state index contributed by atoms with van der Waals surface area (Å²) in [5.41, 5.74) is 4.48. The Bertz CT molecular complexity index is 1150. The molecule has 3 aromatic rings. The van der Waals surface area contributed by atoms with Crippen molar-refractivity contribution in [3.63, 3.8) is 0 Å². The first-order chi connectivity index (χ1) is 14.5. The van der Waals surface area contributed by atoms with E-state index in [0.29, 0.717) is 49.2 Å². The molecular formula is C21H22N6O3. The van der Waals surface area contributed by atoms with Gasteiger partial charge in [0.15, 0.2) is 11.6 Å². The van der Waals surface area contributed by atoms with Gasteiger partial charge in [0.2, 0.25) is 5.95 Å². The van der Waals surface area contributed by atoms with E-state index in [1.54, 1.807) is 24.5 Å². The number of piperazine rings is 1. The maximum atomic E-state index is 12.2. The Morgan fingerprint density at radius 3 is 2.57 bits per heavy atom. The number of nitrogens with zero attached hydrogens (tertiary/aromatic N) is 5. The second kappa shape index (κ2) is 8.32. The minimum absolute atomic E-state index is 0.130. The smallest absolute Gasteiger partial charge is 0.336 e. The number of aromatic nitrogens is 2. The van der Waals surface area contributed by atoms with Crippen molar-refractivity contribution in [2.45, 2.75) is 13.8 Å². The van der Waals surface area contributed by atoms with Crippen LogP contribution in [-0.4, -0.2) is 52.7 Å². The Labute approximate surface area is 173 Å². The molecule has 9 heteroatoms. The van der Waals surface area contributed by atoms with E-state index in [-0.39, 0.29) is 5.78 Å². The number of carbonyl (C=O) groups is 1. The van der Waals surface area contributed by atoms with Crippen LogP contribution < -0.4 is 16.0 Å². The third-order valence-corrected chi connectivity index (χ3v) is 4.97. The molecule has 2 aromatic heterocycles. The van der Waals surface area contributed by atoms with Gasteiger partial charge in [0.05, 0.1) is 5.69 Å². The molecule has 0 aliphatic carbocycles. The highest BCUT2D eigenvalue weighted by molar-refractivity contribution is 6.38. The molecule has 4 rings (SSSR count). The van der Waals surface area contributed by atoms with Crippen molar-refractivity contribution in [3.8, 4) is 0 Å². The molecule has 0 saturated carbocycles. The van der Waals surface area contributed by atoms with E-state index in [4.69, 9.17) is 4.42 Å². The van der Waals surface area contributed by atoms with Gasteiger partial charge in [-0.2, -0.15) is 5.10 Å². The van der Waals surface area contributed by atoms with Gasteiger partial charge in [-0.15, -0.1) is 0 Å². The zero-order chi connectivity index (χ0) is 21.1. The van der Waals surface area contributed by atoms with E-state index in [1.807, 2.05) is 24.0 Å². The number of hydrazone groups is 1. The van der Waals surface area contributed by atoms with Crippen molar-refractivity contribution < 1.29 is 9.21 Å². The van der Waals surface area contributed by atoms with Crippen molar-refractivity contribution in [1.82, 2.24) is 14.9 Å². The summed E-state index contributed by atoms with van der Waals surface area (Å²) in [7, 11) is 0. The van der Waals surface area contributed by atoms with E-state index in [1.165, 1.54) is 13.0 Å². The number of hydrogen-bond acceptors (Lipinski definition) is 8. The Hall–Kier alpha value is -3.75. The van der Waals surface area contributed by atoms with Crippen LogP contribution in [0.5, 0.6) is 0 Å². The molecule has 0 unspecified atom stereocenters. The van der Waals surface area contributed by atoms with Crippen LogP contribution in [0.25, 0.3) is 11.0 Å². The molecule has 0 spiro atoms. The molecule has 1 aromatic carbocycles. The highest BCUT2D eigenvalue weighted by atomic mass is 16.4. The van der Waals surface area contributed by atoms with Crippen LogP contribution >= 0.6 is 0 Å². The van der Waals surface area contributed by atoms with Crippen LogP contribution in [0.4, 0.5) is 11.6 Å². The number of benzene rings is 1. The number of anilines is 2. The molecular weight excluding hydrogens is 384 g/mol. The van der Waals surface area contributed by atoms with Gasteiger partial charge in [-0.3, -0.25) is 10.2 Å². The average molecular weight is 406 g/mol. The lowest BCUT2D eigenvalue weighted by Crippen LogP contribution is -2.51. The summed E-state index contributed by atoms with van der Waals surface area (Å²) >= 11 is 0. The number of Topliss-reactive ketones (excluding diaryl/α,β-unsaturated/α-hetero) is 1. The number of ketones is 1. The predicted octanol–water partition coefficient (Wildman–Crippen LogP) is 2.03. The van der Waals surface area contributed by atoms with Crippen molar-refractivity contribution in [1.29, 1.82) is 0 Å². The number of hydrogen-bond donors (Lipinski definition) is 1. The Kier molecular flexibility index (Phi) is 5.42. The second-order valence-electron chi connectivity index (χ2n) is 7.09. The standard InChI is InChI=1S/C21H22N6O3/c1-14-12-19(29)30-18-13-16(4-5-17(14)18)24-25-20(15(2)28)26-8-10-27(11-9-26)21-22-6-3-7-23-21/h3-7,12-13,24H,8-11H2,1-2H3/b25-20+. The highest BCUT2D eigenvalue weighted by Crippen LogP contribution is 2.21. The Morgan fingerprint density at radius 2 is 1.87 bits per heavy atom. The third kappa shape index (κ3) is 4.14. The zero-order valence-corrected chi connectivity index (χ0v) is 16.8. The number of fused-ring (bicyclic) bond motifs is 1. The van der Waals surface area contributed by atoms with Crippen molar-refractivity contribution in [3.05, 3.63) is 58.7 Å². The largest absolute Gasteiger partial charge is 0.423 e. The normalized spacial score (nSPS) is 14.8. The molecule has 30 heavy (non-hydrogen) atoms. The fourth-order valence-electron chi connectivity index (χ4n) is 3.46. The SMILES string of the molecule is CC(=O)/C(=N\Nc1ccc2c(C)cc(=O)oc2c1)N1CCN(c2ncccn2)CC1. The highest BCUT2D eigenvalue weighted by Gasteiger charge is 2.23. The Balaban J connectivity index is 1.49. The summed E-state index contributed by atoms with van der Waals surface area (Å²) in [5, 5.41) is 5.20. The first-order valence-corrected chi connectivity index (χ1v) is 9.67. The molecule has 3 heterocycles. The van der Waals surface area contributed by atoms with Crippen LogP contribution in [-0.2, 0) is 4.79 Å². The van der Waals surface area contributed by atoms with Crippen LogP contribution in [0.1, 0.15) is 12.5 Å². The molecule has 0 atom stereocenters. The summed E-state index contributed by atoms with van der Waals surface area (Å²) in [5.74, 6) is 0.911. The average Bonchev–Trinajstić information content (AvgIpc) is 2.74. The zero-order valence-electron chi connectivity index (χ0n) is 16.8. The molecule has 1 aliphatic heterocycles. The molecule has 9 nitrogen and oxygen atoms in total. The predicted molar refractivity (Wildman–Crippen MR) is 115 cm³/mol. The molecule has 1 fully saturated rings. The summed E-state index contributed by atoms with van der Waals surface area (Å²) in [6, 6.07) is 8.64. The lowest BCUT2D eigenvalue weighted by atomic mass is 10.1. The summed E-state index contributed by atoms with van der Waals surface area (Å²) in [4.78, 5) is 36.4. The summed E-state index contributed by atoms with van der Waals surface area (Å²) in [6.45, 7) is 6.00. The molecule has 1 aliphatic rings. The molecule has 1 N–H and O–H groups in total. The van der Waals surface area contributed by atoms with E-state index in [0.717, 1.165) is 10.9 Å². The van der Waals surface area contributed by atoms with E-state index in [9.17, 15) is 9.59 Å². The molecule has 0 bridgehead atoms. The second-order valence-corrected chi connectivity index (χ2v) is 7.09.